The molecule has 1 heterocycles. The van der Waals surface area contributed by atoms with E-state index < -0.39 is 0 Å². The fraction of sp³-hybridized carbons (Fsp3) is 0.500. The summed E-state index contributed by atoms with van der Waals surface area (Å²) in [4.78, 5) is 4.38. The lowest BCUT2D eigenvalue weighted by molar-refractivity contribution is 0.509. The quantitative estimate of drug-likeness (QED) is 0.722. The van der Waals surface area contributed by atoms with Crippen molar-refractivity contribution in [3.05, 3.63) is 29.6 Å². The van der Waals surface area contributed by atoms with Crippen LogP contribution in [0.25, 0.3) is 0 Å². The number of nitrogens with zero attached hydrogens (tertiary/aromatic N) is 1. The van der Waals surface area contributed by atoms with Gasteiger partial charge in [0.05, 0.1) is 0 Å². The zero-order valence-electron chi connectivity index (χ0n) is 7.96. The number of hydrogen-bond acceptors (Lipinski definition) is 2. The Kier molecular flexibility index (Phi) is 2.48. The van der Waals surface area contributed by atoms with Crippen LogP contribution in [0.3, 0.4) is 0 Å². The van der Waals surface area contributed by atoms with E-state index in [1.807, 2.05) is 39.0 Å². The molecule has 0 saturated heterocycles. The van der Waals surface area contributed by atoms with Gasteiger partial charge >= 0.3 is 0 Å². The molecule has 0 amide bonds. The topological polar surface area (TPSA) is 38.9 Å². The van der Waals surface area contributed by atoms with Crippen molar-refractivity contribution in [1.29, 1.82) is 0 Å². The lowest BCUT2D eigenvalue weighted by Crippen LogP contribution is -2.34. The van der Waals surface area contributed by atoms with Gasteiger partial charge in [0.1, 0.15) is 0 Å². The first-order valence-electron chi connectivity index (χ1n) is 4.19. The van der Waals surface area contributed by atoms with Crippen LogP contribution in [0.15, 0.2) is 18.2 Å². The van der Waals surface area contributed by atoms with Crippen molar-refractivity contribution in [3.63, 3.8) is 0 Å². The molecule has 0 aliphatic rings. The van der Waals surface area contributed by atoms with Crippen molar-refractivity contribution < 1.29 is 0 Å². The predicted octanol–water partition coefficient (Wildman–Crippen LogP) is 1.67. The smallest absolute Gasteiger partial charge is 0.0424 e. The van der Waals surface area contributed by atoms with Crippen molar-refractivity contribution in [2.24, 2.45) is 5.73 Å². The summed E-state index contributed by atoms with van der Waals surface area (Å²) < 4.78 is 0. The summed E-state index contributed by atoms with van der Waals surface area (Å²) in [6, 6.07) is 6.03. The molecule has 2 heteroatoms. The van der Waals surface area contributed by atoms with E-state index in [1.165, 1.54) is 0 Å². The molecule has 2 N–H and O–H groups in total. The monoisotopic (exact) mass is 164 g/mol. The molecule has 0 radical (unpaired) electrons. The van der Waals surface area contributed by atoms with Gasteiger partial charge in [-0.25, -0.2) is 0 Å². The summed E-state index contributed by atoms with van der Waals surface area (Å²) in [7, 11) is 0. The average molecular weight is 164 g/mol. The van der Waals surface area contributed by atoms with Crippen LogP contribution >= 0.6 is 0 Å². The highest BCUT2D eigenvalue weighted by Crippen LogP contribution is 2.07. The Labute approximate surface area is 73.8 Å². The molecule has 1 aromatic heterocycles. The van der Waals surface area contributed by atoms with Crippen molar-refractivity contribution >= 4 is 0 Å². The largest absolute Gasteiger partial charge is 0.325 e. The van der Waals surface area contributed by atoms with Gasteiger partial charge in [-0.05, 0) is 32.9 Å². The standard InChI is InChI=1S/C10H16N2/c1-8-5-4-6-9(12-8)7-10(2,3)11/h4-6H,7,11H2,1-3H3. The van der Waals surface area contributed by atoms with Crippen molar-refractivity contribution in [2.45, 2.75) is 32.7 Å². The van der Waals surface area contributed by atoms with E-state index in [-0.39, 0.29) is 5.54 Å². The molecule has 1 rings (SSSR count). The molecule has 0 saturated carbocycles. The van der Waals surface area contributed by atoms with Gasteiger partial charge < -0.3 is 5.73 Å². The molecule has 0 aliphatic carbocycles. The summed E-state index contributed by atoms with van der Waals surface area (Å²) >= 11 is 0. The molecule has 0 bridgehead atoms. The Morgan fingerprint density at radius 2 is 2.08 bits per heavy atom. The molecular weight excluding hydrogens is 148 g/mol. The van der Waals surface area contributed by atoms with Crippen molar-refractivity contribution in [2.75, 3.05) is 0 Å². The molecule has 0 aliphatic heterocycles. The maximum absolute atomic E-state index is 5.88. The Hall–Kier alpha value is -0.890. The fourth-order valence-corrected chi connectivity index (χ4v) is 1.16. The number of nitrogens with two attached hydrogens (primary N) is 1. The van der Waals surface area contributed by atoms with Crippen LogP contribution in [0.2, 0.25) is 0 Å². The Balaban J connectivity index is 2.77. The van der Waals surface area contributed by atoms with Gasteiger partial charge in [0.15, 0.2) is 0 Å². The Bertz CT molecular complexity index is 261. The summed E-state index contributed by atoms with van der Waals surface area (Å²) in [6.45, 7) is 6.01. The fourth-order valence-electron chi connectivity index (χ4n) is 1.16. The minimum absolute atomic E-state index is 0.166. The van der Waals surface area contributed by atoms with Crippen LogP contribution in [-0.2, 0) is 6.42 Å². The normalized spacial score (nSPS) is 11.7. The van der Waals surface area contributed by atoms with E-state index in [9.17, 15) is 0 Å². The number of rotatable bonds is 2. The second kappa shape index (κ2) is 3.23. The van der Waals surface area contributed by atoms with Gasteiger partial charge in [-0.1, -0.05) is 6.07 Å². The van der Waals surface area contributed by atoms with E-state index in [1.54, 1.807) is 0 Å². The molecule has 2 nitrogen and oxygen atoms in total. The second-order valence-corrected chi connectivity index (χ2v) is 3.94. The van der Waals surface area contributed by atoms with Crippen LogP contribution in [0, 0.1) is 6.92 Å². The summed E-state index contributed by atoms with van der Waals surface area (Å²) in [5.41, 5.74) is 7.84. The maximum Gasteiger partial charge on any atom is 0.0424 e. The van der Waals surface area contributed by atoms with Gasteiger partial charge in [-0.2, -0.15) is 0 Å². The van der Waals surface area contributed by atoms with Crippen LogP contribution in [0.4, 0.5) is 0 Å². The van der Waals surface area contributed by atoms with Gasteiger partial charge in [0, 0.05) is 23.3 Å². The van der Waals surface area contributed by atoms with E-state index in [4.69, 9.17) is 5.73 Å². The highest BCUT2D eigenvalue weighted by Gasteiger charge is 2.11. The van der Waals surface area contributed by atoms with Gasteiger partial charge in [0.25, 0.3) is 0 Å². The minimum Gasteiger partial charge on any atom is -0.325 e. The third-order valence-electron chi connectivity index (χ3n) is 1.58. The third kappa shape index (κ3) is 3.01. The average Bonchev–Trinajstić information content (AvgIpc) is 1.82. The van der Waals surface area contributed by atoms with Crippen LogP contribution in [0.5, 0.6) is 0 Å². The highest BCUT2D eigenvalue weighted by atomic mass is 14.8. The second-order valence-electron chi connectivity index (χ2n) is 3.94. The van der Waals surface area contributed by atoms with E-state index in [0.29, 0.717) is 0 Å². The Morgan fingerprint density at radius 3 is 2.58 bits per heavy atom. The summed E-state index contributed by atoms with van der Waals surface area (Å²) in [5.74, 6) is 0. The molecule has 1 aromatic rings. The van der Waals surface area contributed by atoms with E-state index in [0.717, 1.165) is 17.8 Å². The number of aromatic nitrogens is 1. The predicted molar refractivity (Wildman–Crippen MR) is 50.9 cm³/mol. The van der Waals surface area contributed by atoms with Crippen molar-refractivity contribution in [3.8, 4) is 0 Å². The number of aryl methyl sites for hydroxylation is 1. The first-order valence-corrected chi connectivity index (χ1v) is 4.19. The van der Waals surface area contributed by atoms with E-state index >= 15 is 0 Å². The molecule has 66 valence electrons. The third-order valence-corrected chi connectivity index (χ3v) is 1.58. The zero-order valence-corrected chi connectivity index (χ0v) is 7.96. The maximum atomic E-state index is 5.88. The molecular formula is C10H16N2. The molecule has 0 aromatic carbocycles. The number of hydrogen-bond donors (Lipinski definition) is 1. The molecule has 0 spiro atoms. The SMILES string of the molecule is Cc1cccc(CC(C)(C)N)n1. The first kappa shape index (κ1) is 9.20. The molecule has 0 fully saturated rings. The summed E-state index contributed by atoms with van der Waals surface area (Å²) in [5, 5.41) is 0. The minimum atomic E-state index is -0.166. The molecule has 0 atom stereocenters. The Morgan fingerprint density at radius 1 is 1.42 bits per heavy atom. The van der Waals surface area contributed by atoms with E-state index in [2.05, 4.69) is 4.98 Å². The van der Waals surface area contributed by atoms with Gasteiger partial charge in [0.2, 0.25) is 0 Å². The van der Waals surface area contributed by atoms with Gasteiger partial charge in [-0.3, -0.25) is 4.98 Å². The molecule has 12 heavy (non-hydrogen) atoms. The zero-order chi connectivity index (χ0) is 9.19. The lowest BCUT2D eigenvalue weighted by Gasteiger charge is -2.17. The first-order chi connectivity index (χ1) is 5.47. The molecule has 0 unspecified atom stereocenters. The van der Waals surface area contributed by atoms with Crippen LogP contribution < -0.4 is 5.73 Å². The van der Waals surface area contributed by atoms with Crippen LogP contribution in [-0.4, -0.2) is 10.5 Å². The highest BCUT2D eigenvalue weighted by molar-refractivity contribution is 5.11. The number of pyridine rings is 1. The van der Waals surface area contributed by atoms with Crippen molar-refractivity contribution in [1.82, 2.24) is 4.98 Å². The lowest BCUT2D eigenvalue weighted by atomic mass is 10.00. The summed E-state index contributed by atoms with van der Waals surface area (Å²) in [6.07, 6.45) is 0.828. The van der Waals surface area contributed by atoms with Gasteiger partial charge in [-0.15, -0.1) is 0 Å². The van der Waals surface area contributed by atoms with Crippen LogP contribution in [0.1, 0.15) is 25.2 Å².